The molecule has 3 atom stereocenters. The predicted octanol–water partition coefficient (Wildman–Crippen LogP) is 2.84. The van der Waals surface area contributed by atoms with Gasteiger partial charge in [-0.1, -0.05) is 17.7 Å². The van der Waals surface area contributed by atoms with Crippen molar-refractivity contribution < 1.29 is 19.1 Å². The fourth-order valence-electron chi connectivity index (χ4n) is 3.08. The molecule has 1 saturated carbocycles. The summed E-state index contributed by atoms with van der Waals surface area (Å²) in [5.41, 5.74) is 0.819. The van der Waals surface area contributed by atoms with E-state index >= 15 is 0 Å². The van der Waals surface area contributed by atoms with Crippen LogP contribution in [0.3, 0.4) is 0 Å². The summed E-state index contributed by atoms with van der Waals surface area (Å²) >= 11 is 5.67. The molecule has 2 N–H and O–H groups in total. The van der Waals surface area contributed by atoms with E-state index in [1.54, 1.807) is 11.0 Å². The highest BCUT2D eigenvalue weighted by molar-refractivity contribution is 6.30. The Bertz CT molecular complexity index is 640. The first kappa shape index (κ1) is 16.1. The number of amides is 2. The molecular weight excluding hydrogens is 323 g/mol. The van der Waals surface area contributed by atoms with Gasteiger partial charge >= 0.3 is 12.0 Å². The second-order valence-corrected chi connectivity index (χ2v) is 6.60. The van der Waals surface area contributed by atoms with Crippen LogP contribution in [0.1, 0.15) is 30.7 Å². The van der Waals surface area contributed by atoms with Gasteiger partial charge in [-0.25, -0.2) is 9.18 Å². The molecule has 1 heterocycles. The van der Waals surface area contributed by atoms with Gasteiger partial charge in [0.05, 0.1) is 10.9 Å². The summed E-state index contributed by atoms with van der Waals surface area (Å²) in [6.45, 7) is 0.816. The Kier molecular flexibility index (Phi) is 4.43. The number of carboxylic acids is 1. The number of benzene rings is 1. The third-order valence-corrected chi connectivity index (χ3v) is 4.84. The van der Waals surface area contributed by atoms with Crippen LogP contribution < -0.4 is 5.32 Å². The third-order valence-electron chi connectivity index (χ3n) is 4.53. The Morgan fingerprint density at radius 3 is 2.87 bits per heavy atom. The molecule has 2 aliphatic rings. The van der Waals surface area contributed by atoms with Gasteiger partial charge in [-0.3, -0.25) is 4.79 Å². The number of urea groups is 1. The summed E-state index contributed by atoms with van der Waals surface area (Å²) < 4.78 is 13.5. The van der Waals surface area contributed by atoms with Crippen molar-refractivity contribution in [3.8, 4) is 0 Å². The van der Waals surface area contributed by atoms with Gasteiger partial charge in [-0.15, -0.1) is 0 Å². The van der Waals surface area contributed by atoms with Crippen molar-refractivity contribution in [2.24, 2.45) is 5.92 Å². The Morgan fingerprint density at radius 2 is 2.17 bits per heavy atom. The number of halogens is 2. The van der Waals surface area contributed by atoms with Crippen molar-refractivity contribution in [2.75, 3.05) is 13.1 Å². The summed E-state index contributed by atoms with van der Waals surface area (Å²) in [5.74, 6) is -1.72. The molecule has 1 aromatic rings. The molecule has 23 heavy (non-hydrogen) atoms. The second kappa shape index (κ2) is 6.35. The Morgan fingerprint density at radius 1 is 1.39 bits per heavy atom. The SMILES string of the molecule is O=C(O)C1CCCN(C(=O)N[C@@H]2C[C@H]2c2ccc(Cl)c(F)c2)C1. The lowest BCUT2D eigenvalue weighted by Gasteiger charge is -2.30. The van der Waals surface area contributed by atoms with Crippen LogP contribution in [-0.4, -0.2) is 41.1 Å². The topological polar surface area (TPSA) is 69.6 Å². The minimum atomic E-state index is -0.858. The zero-order chi connectivity index (χ0) is 16.6. The highest BCUT2D eigenvalue weighted by atomic mass is 35.5. The van der Waals surface area contributed by atoms with Gasteiger partial charge in [0, 0.05) is 25.0 Å². The molecule has 0 spiro atoms. The lowest BCUT2D eigenvalue weighted by atomic mass is 9.99. The first-order valence-corrected chi connectivity index (χ1v) is 8.06. The second-order valence-electron chi connectivity index (χ2n) is 6.20. The number of carbonyl (C=O) groups is 2. The maximum absolute atomic E-state index is 13.5. The maximum Gasteiger partial charge on any atom is 0.317 e. The number of nitrogens with one attached hydrogen (secondary N) is 1. The number of hydrogen-bond donors (Lipinski definition) is 2. The van der Waals surface area contributed by atoms with Gasteiger partial charge < -0.3 is 15.3 Å². The first-order chi connectivity index (χ1) is 11.0. The number of likely N-dealkylation sites (tertiary alicyclic amines) is 1. The van der Waals surface area contributed by atoms with E-state index in [2.05, 4.69) is 5.32 Å². The van der Waals surface area contributed by atoms with Gasteiger partial charge in [-0.05, 0) is 37.0 Å². The van der Waals surface area contributed by atoms with Crippen molar-refractivity contribution in [3.63, 3.8) is 0 Å². The van der Waals surface area contributed by atoms with E-state index in [1.807, 2.05) is 0 Å². The van der Waals surface area contributed by atoms with Crippen LogP contribution in [0.15, 0.2) is 18.2 Å². The van der Waals surface area contributed by atoms with Crippen LogP contribution in [0.2, 0.25) is 5.02 Å². The normalized spacial score (nSPS) is 26.7. The minimum Gasteiger partial charge on any atom is -0.481 e. The van der Waals surface area contributed by atoms with Gasteiger partial charge in [0.2, 0.25) is 0 Å². The van der Waals surface area contributed by atoms with E-state index < -0.39 is 17.7 Å². The van der Waals surface area contributed by atoms with Gasteiger partial charge in [-0.2, -0.15) is 0 Å². The predicted molar refractivity (Wildman–Crippen MR) is 83.0 cm³/mol. The largest absolute Gasteiger partial charge is 0.481 e. The molecule has 2 amide bonds. The minimum absolute atomic E-state index is 0.0340. The lowest BCUT2D eigenvalue weighted by Crippen LogP contribution is -2.47. The molecule has 1 aromatic carbocycles. The Hall–Kier alpha value is -1.82. The van der Waals surface area contributed by atoms with Crippen LogP contribution in [-0.2, 0) is 4.79 Å². The molecule has 1 saturated heterocycles. The molecule has 1 aliphatic heterocycles. The van der Waals surface area contributed by atoms with Crippen LogP contribution >= 0.6 is 11.6 Å². The van der Waals surface area contributed by atoms with Crippen LogP contribution in [0.25, 0.3) is 0 Å². The number of carboxylic acid groups (broad SMARTS) is 1. The summed E-state index contributed by atoms with van der Waals surface area (Å²) in [5, 5.41) is 12.1. The fourth-order valence-corrected chi connectivity index (χ4v) is 3.20. The van der Waals surface area contributed by atoms with Crippen LogP contribution in [0.4, 0.5) is 9.18 Å². The van der Waals surface area contributed by atoms with Crippen molar-refractivity contribution >= 4 is 23.6 Å². The molecule has 7 heteroatoms. The van der Waals surface area contributed by atoms with Gasteiger partial charge in [0.15, 0.2) is 0 Å². The lowest BCUT2D eigenvalue weighted by molar-refractivity contribution is -0.143. The average molecular weight is 341 g/mol. The highest BCUT2D eigenvalue weighted by Crippen LogP contribution is 2.41. The van der Waals surface area contributed by atoms with Gasteiger partial charge in [0.1, 0.15) is 5.82 Å². The van der Waals surface area contributed by atoms with Crippen molar-refractivity contribution in [1.82, 2.24) is 10.2 Å². The zero-order valence-electron chi connectivity index (χ0n) is 12.5. The smallest absolute Gasteiger partial charge is 0.317 e. The number of aliphatic carboxylic acids is 1. The standard InChI is InChI=1S/C16H18ClFN2O3/c17-12-4-3-9(6-13(12)18)11-7-14(11)19-16(23)20-5-1-2-10(8-20)15(21)22/h3-4,6,10-11,14H,1-2,5,7-8H2,(H,19,23)(H,21,22)/t10?,11-,14+/m0/s1. The molecule has 124 valence electrons. The number of nitrogens with zero attached hydrogens (tertiary/aromatic N) is 1. The summed E-state index contributed by atoms with van der Waals surface area (Å²) in [7, 11) is 0. The highest BCUT2D eigenvalue weighted by Gasteiger charge is 2.41. The molecule has 0 radical (unpaired) electrons. The summed E-state index contributed by atoms with van der Waals surface area (Å²) in [6.07, 6.45) is 2.05. The molecule has 0 aromatic heterocycles. The molecule has 1 unspecified atom stereocenters. The average Bonchev–Trinajstić information content (AvgIpc) is 3.29. The third kappa shape index (κ3) is 3.58. The zero-order valence-corrected chi connectivity index (χ0v) is 13.2. The Balaban J connectivity index is 1.55. The van der Waals surface area contributed by atoms with E-state index in [0.717, 1.165) is 12.0 Å². The van der Waals surface area contributed by atoms with Crippen LogP contribution in [0.5, 0.6) is 0 Å². The van der Waals surface area contributed by atoms with E-state index in [9.17, 15) is 14.0 Å². The first-order valence-electron chi connectivity index (χ1n) is 7.69. The summed E-state index contributed by atoms with van der Waals surface area (Å²) in [6, 6.07) is 4.42. The monoisotopic (exact) mass is 340 g/mol. The molecule has 5 nitrogen and oxygen atoms in total. The molecule has 2 fully saturated rings. The van der Waals surface area contributed by atoms with Crippen LogP contribution in [0, 0.1) is 11.7 Å². The van der Waals surface area contributed by atoms with E-state index in [0.29, 0.717) is 19.4 Å². The number of rotatable bonds is 3. The molecule has 3 rings (SSSR count). The van der Waals surface area contributed by atoms with Gasteiger partial charge in [0.25, 0.3) is 0 Å². The maximum atomic E-state index is 13.5. The summed E-state index contributed by atoms with van der Waals surface area (Å²) in [4.78, 5) is 24.8. The molecular formula is C16H18ClFN2O3. The van der Waals surface area contributed by atoms with E-state index in [1.165, 1.54) is 12.1 Å². The molecule has 0 bridgehead atoms. The Labute approximate surface area is 138 Å². The number of piperidine rings is 1. The molecule has 1 aliphatic carbocycles. The number of hydrogen-bond acceptors (Lipinski definition) is 2. The number of carbonyl (C=O) groups excluding carboxylic acids is 1. The quantitative estimate of drug-likeness (QED) is 0.889. The van der Waals surface area contributed by atoms with Crippen molar-refractivity contribution in [1.29, 1.82) is 0 Å². The fraction of sp³-hybridized carbons (Fsp3) is 0.500. The van der Waals surface area contributed by atoms with Crippen molar-refractivity contribution in [2.45, 2.75) is 31.2 Å². The van der Waals surface area contributed by atoms with E-state index in [4.69, 9.17) is 16.7 Å². The van der Waals surface area contributed by atoms with Crippen molar-refractivity contribution in [3.05, 3.63) is 34.6 Å². The van der Waals surface area contributed by atoms with E-state index in [-0.39, 0.29) is 29.6 Å².